The van der Waals surface area contributed by atoms with E-state index in [1.54, 1.807) is 0 Å². The zero-order chi connectivity index (χ0) is 62.3. The van der Waals surface area contributed by atoms with Gasteiger partial charge in [0, 0.05) is 6.42 Å². The van der Waals surface area contributed by atoms with Gasteiger partial charge in [-0.1, -0.05) is 315 Å². The highest BCUT2D eigenvalue weighted by atomic mass is 16.7. The van der Waals surface area contributed by atoms with Gasteiger partial charge in [-0.05, 0) is 38.5 Å². The molecule has 510 valence electrons. The van der Waals surface area contributed by atoms with Crippen LogP contribution < -0.4 is 5.32 Å². The maximum atomic E-state index is 13.3. The number of aliphatic hydroxyl groups is 8. The van der Waals surface area contributed by atoms with Gasteiger partial charge in [0.1, 0.15) is 48.8 Å². The highest BCUT2D eigenvalue weighted by Crippen LogP contribution is 2.30. The van der Waals surface area contributed by atoms with Gasteiger partial charge < -0.3 is 65.1 Å². The highest BCUT2D eigenvalue weighted by Gasteiger charge is 2.51. The summed E-state index contributed by atoms with van der Waals surface area (Å²) in [5, 5.41) is 87.3. The SMILES string of the molecule is CCCCCCCCCC/C=C\CCCCCCCCCCCCCCCCCCCCCCCCCCCCCCCC(=O)NC(COC1OC(CO)C(OC2OC(CO)C(O)C(O)C2O)C(O)C1O)C(O)CCCCCCCCCCCCC. The van der Waals surface area contributed by atoms with E-state index in [-0.39, 0.29) is 12.5 Å². The smallest absolute Gasteiger partial charge is 0.220 e. The molecule has 2 aliphatic rings. The molecule has 12 unspecified atom stereocenters. The molecule has 0 saturated carbocycles. The Kier molecular flexibility index (Phi) is 54.1. The van der Waals surface area contributed by atoms with Crippen molar-refractivity contribution in [2.45, 2.75) is 421 Å². The van der Waals surface area contributed by atoms with Crippen molar-refractivity contribution < 1.29 is 64.6 Å². The summed E-state index contributed by atoms with van der Waals surface area (Å²) in [7, 11) is 0. The van der Waals surface area contributed by atoms with Gasteiger partial charge in [0.05, 0.1) is 32.0 Å². The summed E-state index contributed by atoms with van der Waals surface area (Å²) in [6.45, 7) is 2.88. The van der Waals surface area contributed by atoms with E-state index in [1.807, 2.05) is 0 Å². The molecule has 0 spiro atoms. The van der Waals surface area contributed by atoms with Gasteiger partial charge in [0.15, 0.2) is 12.6 Å². The molecule has 0 aliphatic carbocycles. The molecule has 2 heterocycles. The fourth-order valence-electron chi connectivity index (χ4n) is 12.6. The number of rotatable bonds is 62. The minimum Gasteiger partial charge on any atom is -0.394 e. The lowest BCUT2D eigenvalue weighted by molar-refractivity contribution is -0.359. The van der Waals surface area contributed by atoms with Crippen molar-refractivity contribution >= 4 is 5.91 Å². The molecule has 0 aromatic heterocycles. The van der Waals surface area contributed by atoms with Crippen molar-refractivity contribution in [2.24, 2.45) is 0 Å². The number of carbonyl (C=O) groups is 1. The van der Waals surface area contributed by atoms with Gasteiger partial charge in [-0.2, -0.15) is 0 Å². The number of unbranched alkanes of at least 4 members (excludes halogenated alkanes) is 47. The van der Waals surface area contributed by atoms with Gasteiger partial charge >= 0.3 is 0 Å². The number of hydrogen-bond acceptors (Lipinski definition) is 13. The first kappa shape index (κ1) is 80.8. The largest absolute Gasteiger partial charge is 0.394 e. The van der Waals surface area contributed by atoms with E-state index in [1.165, 1.54) is 270 Å². The minimum absolute atomic E-state index is 0.200. The van der Waals surface area contributed by atoms with E-state index in [0.29, 0.717) is 12.8 Å². The molecule has 86 heavy (non-hydrogen) atoms. The van der Waals surface area contributed by atoms with Gasteiger partial charge in [-0.3, -0.25) is 4.79 Å². The molecule has 12 atom stereocenters. The van der Waals surface area contributed by atoms with E-state index in [4.69, 9.17) is 18.9 Å². The van der Waals surface area contributed by atoms with Crippen LogP contribution in [0.2, 0.25) is 0 Å². The second kappa shape index (κ2) is 57.6. The summed E-state index contributed by atoms with van der Waals surface area (Å²) in [5.74, 6) is -0.200. The fraction of sp³-hybridized carbons (Fsp3) is 0.958. The normalized spacial score (nSPS) is 23.4. The summed E-state index contributed by atoms with van der Waals surface area (Å²) >= 11 is 0. The Balaban J connectivity index is 1.49. The molecule has 9 N–H and O–H groups in total. The first-order valence-electron chi connectivity index (χ1n) is 36.9. The van der Waals surface area contributed by atoms with Crippen LogP contribution in [0.15, 0.2) is 12.2 Å². The van der Waals surface area contributed by atoms with E-state index >= 15 is 0 Å². The molecule has 14 heteroatoms. The Morgan fingerprint density at radius 3 is 1.10 bits per heavy atom. The third-order valence-corrected chi connectivity index (χ3v) is 18.5. The van der Waals surface area contributed by atoms with Crippen molar-refractivity contribution in [2.75, 3.05) is 19.8 Å². The first-order chi connectivity index (χ1) is 42.1. The zero-order valence-corrected chi connectivity index (χ0v) is 55.6. The van der Waals surface area contributed by atoms with Crippen LogP contribution in [0.1, 0.15) is 348 Å². The second-order valence-corrected chi connectivity index (χ2v) is 26.4. The summed E-state index contributed by atoms with van der Waals surface area (Å²) < 4.78 is 22.9. The minimum atomic E-state index is -1.78. The predicted molar refractivity (Wildman–Crippen MR) is 351 cm³/mol. The van der Waals surface area contributed by atoms with Crippen LogP contribution in [-0.4, -0.2) is 140 Å². The third-order valence-electron chi connectivity index (χ3n) is 18.5. The zero-order valence-electron chi connectivity index (χ0n) is 55.6. The molecule has 1 amide bonds. The number of allylic oxidation sites excluding steroid dienone is 2. The number of carbonyl (C=O) groups excluding carboxylic acids is 1. The van der Waals surface area contributed by atoms with Crippen LogP contribution in [0.4, 0.5) is 0 Å². The van der Waals surface area contributed by atoms with Crippen molar-refractivity contribution in [1.82, 2.24) is 5.32 Å². The van der Waals surface area contributed by atoms with Crippen molar-refractivity contribution in [3.05, 3.63) is 12.2 Å². The molecular formula is C72H139NO13. The molecule has 2 rings (SSSR count). The van der Waals surface area contributed by atoms with Crippen molar-refractivity contribution in [1.29, 1.82) is 0 Å². The second-order valence-electron chi connectivity index (χ2n) is 26.4. The van der Waals surface area contributed by atoms with Crippen molar-refractivity contribution in [3.63, 3.8) is 0 Å². The molecule has 0 aromatic rings. The van der Waals surface area contributed by atoms with E-state index < -0.39 is 86.8 Å². The van der Waals surface area contributed by atoms with E-state index in [2.05, 4.69) is 31.3 Å². The standard InChI is InChI=1S/C72H139NO13/c1-3-5-7-9-11-13-15-16-17-18-19-20-21-22-23-24-25-26-27-28-29-30-31-32-33-34-35-36-37-38-39-40-41-42-43-44-46-48-50-52-54-56-64(77)73-60(61(76)55-53-51-49-47-45-14-12-10-8-6-4-2)59-83-71-69(82)67(80)70(63(58-75)85-71)86-72-68(81)66(79)65(78)62(57-74)84-72/h18-19,60-63,65-72,74-76,78-82H,3-17,20-59H2,1-2H3,(H,73,77)/b19-18-. The Morgan fingerprint density at radius 1 is 0.407 bits per heavy atom. The van der Waals surface area contributed by atoms with Gasteiger partial charge in [-0.15, -0.1) is 0 Å². The third kappa shape index (κ3) is 41.3. The quantitative estimate of drug-likeness (QED) is 0.0204. The van der Waals surface area contributed by atoms with Crippen LogP contribution >= 0.6 is 0 Å². The monoisotopic (exact) mass is 1230 g/mol. The molecule has 2 aliphatic heterocycles. The molecule has 0 bridgehead atoms. The lowest BCUT2D eigenvalue weighted by Gasteiger charge is -2.46. The van der Waals surface area contributed by atoms with Crippen LogP contribution in [0.25, 0.3) is 0 Å². The Hall–Kier alpha value is -1.27. The van der Waals surface area contributed by atoms with Crippen LogP contribution in [0.5, 0.6) is 0 Å². The highest BCUT2D eigenvalue weighted by molar-refractivity contribution is 5.76. The lowest BCUT2D eigenvalue weighted by Crippen LogP contribution is -2.65. The Labute approximate surface area is 526 Å². The van der Waals surface area contributed by atoms with Crippen molar-refractivity contribution in [3.8, 4) is 0 Å². The van der Waals surface area contributed by atoms with Crippen LogP contribution in [-0.2, 0) is 23.7 Å². The Bertz CT molecular complexity index is 1490. The van der Waals surface area contributed by atoms with Gasteiger partial charge in [0.25, 0.3) is 0 Å². The van der Waals surface area contributed by atoms with E-state index in [0.717, 1.165) is 51.4 Å². The topological polar surface area (TPSA) is 228 Å². The number of aliphatic hydroxyl groups excluding tert-OH is 8. The number of hydrogen-bond donors (Lipinski definition) is 9. The predicted octanol–water partition coefficient (Wildman–Crippen LogP) is 15.4. The van der Waals surface area contributed by atoms with Crippen LogP contribution in [0.3, 0.4) is 0 Å². The Morgan fingerprint density at radius 2 is 0.733 bits per heavy atom. The number of ether oxygens (including phenoxy) is 4. The first-order valence-corrected chi connectivity index (χ1v) is 36.9. The molecule has 14 nitrogen and oxygen atoms in total. The number of amides is 1. The summed E-state index contributed by atoms with van der Waals surface area (Å²) in [5.41, 5.74) is 0. The lowest BCUT2D eigenvalue weighted by atomic mass is 9.97. The molecule has 0 radical (unpaired) electrons. The molecule has 2 saturated heterocycles. The van der Waals surface area contributed by atoms with Gasteiger partial charge in [0.2, 0.25) is 5.91 Å². The van der Waals surface area contributed by atoms with Crippen LogP contribution in [0, 0.1) is 0 Å². The average Bonchev–Trinajstić information content (AvgIpc) is 1.60. The maximum absolute atomic E-state index is 13.3. The molecular weight excluding hydrogens is 1090 g/mol. The maximum Gasteiger partial charge on any atom is 0.220 e. The fourth-order valence-corrected chi connectivity index (χ4v) is 12.6. The molecule has 2 fully saturated rings. The molecule has 0 aromatic carbocycles. The number of nitrogens with one attached hydrogen (secondary N) is 1. The summed E-state index contributed by atoms with van der Waals surface area (Å²) in [4.78, 5) is 13.3. The summed E-state index contributed by atoms with van der Waals surface area (Å²) in [6, 6.07) is -0.823. The summed E-state index contributed by atoms with van der Waals surface area (Å²) in [6.07, 6.45) is 54.4. The average molecular weight is 1230 g/mol. The van der Waals surface area contributed by atoms with E-state index in [9.17, 15) is 45.6 Å². The van der Waals surface area contributed by atoms with Gasteiger partial charge in [-0.25, -0.2) is 0 Å².